The predicted molar refractivity (Wildman–Crippen MR) is 112 cm³/mol. The van der Waals surface area contributed by atoms with E-state index in [-0.39, 0.29) is 37.4 Å². The first-order chi connectivity index (χ1) is 13.9. The number of fused-ring (bicyclic) bond motifs is 1. The summed E-state index contributed by atoms with van der Waals surface area (Å²) in [7, 11) is 3.15. The second-order valence-corrected chi connectivity index (χ2v) is 7.05. The van der Waals surface area contributed by atoms with Crippen molar-refractivity contribution in [1.82, 2.24) is 4.90 Å². The van der Waals surface area contributed by atoms with Gasteiger partial charge in [0.15, 0.2) is 0 Å². The molecule has 1 heterocycles. The van der Waals surface area contributed by atoms with Crippen LogP contribution in [0.15, 0.2) is 42.5 Å². The van der Waals surface area contributed by atoms with Crippen molar-refractivity contribution < 1.29 is 19.1 Å². The van der Waals surface area contributed by atoms with Gasteiger partial charge in [-0.25, -0.2) is 0 Å². The number of benzene rings is 2. The van der Waals surface area contributed by atoms with E-state index in [1.165, 1.54) is 12.0 Å². The molecule has 8 nitrogen and oxygen atoms in total. The van der Waals surface area contributed by atoms with Crippen LogP contribution < -0.4 is 20.3 Å². The van der Waals surface area contributed by atoms with Crippen LogP contribution in [-0.2, 0) is 14.4 Å². The van der Waals surface area contributed by atoms with E-state index in [1.807, 2.05) is 0 Å². The molecular formula is C20H21ClN4O4. The highest BCUT2D eigenvalue weighted by molar-refractivity contribution is 6.31. The number of likely N-dealkylation sites (N-methyl/N-ethyl adjacent to an activating group) is 1. The number of hydrogen-bond donors (Lipinski definition) is 2. The highest BCUT2D eigenvalue weighted by Gasteiger charge is 2.27. The fourth-order valence-electron chi connectivity index (χ4n) is 3.04. The van der Waals surface area contributed by atoms with Gasteiger partial charge in [0.05, 0.1) is 37.3 Å². The van der Waals surface area contributed by atoms with Crippen LogP contribution in [0.1, 0.15) is 0 Å². The molecule has 0 saturated heterocycles. The van der Waals surface area contributed by atoms with Gasteiger partial charge >= 0.3 is 0 Å². The second-order valence-electron chi connectivity index (χ2n) is 6.61. The molecule has 1 aliphatic rings. The summed E-state index contributed by atoms with van der Waals surface area (Å²) in [6.07, 6.45) is 0. The number of hydrogen-bond acceptors (Lipinski definition) is 5. The smallest absolute Gasteiger partial charge is 0.244 e. The van der Waals surface area contributed by atoms with E-state index < -0.39 is 0 Å². The molecular weight excluding hydrogens is 396 g/mol. The van der Waals surface area contributed by atoms with Crippen LogP contribution in [0.5, 0.6) is 5.75 Å². The van der Waals surface area contributed by atoms with Gasteiger partial charge in [0.25, 0.3) is 0 Å². The molecule has 1 aliphatic heterocycles. The molecule has 0 aliphatic carbocycles. The molecule has 152 valence electrons. The molecule has 0 atom stereocenters. The molecule has 0 bridgehead atoms. The average Bonchev–Trinajstić information content (AvgIpc) is 2.67. The van der Waals surface area contributed by atoms with Crippen molar-refractivity contribution in [2.75, 3.05) is 49.3 Å². The zero-order chi connectivity index (χ0) is 21.0. The number of carbonyl (C=O) groups is 3. The number of anilines is 3. The number of para-hydroxylation sites is 2. The summed E-state index contributed by atoms with van der Waals surface area (Å²) in [4.78, 5) is 40.0. The minimum Gasteiger partial charge on any atom is -0.495 e. The molecule has 0 saturated carbocycles. The quantitative estimate of drug-likeness (QED) is 0.753. The third kappa shape index (κ3) is 5.04. The number of nitrogens with zero attached hydrogens (tertiary/aromatic N) is 2. The van der Waals surface area contributed by atoms with Crippen LogP contribution in [0.25, 0.3) is 0 Å². The van der Waals surface area contributed by atoms with Crippen LogP contribution in [0, 0.1) is 0 Å². The normalized spacial score (nSPS) is 13.0. The molecule has 0 spiro atoms. The largest absolute Gasteiger partial charge is 0.495 e. The molecule has 29 heavy (non-hydrogen) atoms. The standard InChI is InChI=1S/C20H21ClN4O4/c1-24(10-18(26)23-15-9-13(21)7-8-17(15)29-2)12-20(28)25-11-19(27)22-14-5-3-4-6-16(14)25/h3-9H,10-12H2,1-2H3,(H,22,27)(H,23,26). The molecule has 0 aromatic heterocycles. The zero-order valence-electron chi connectivity index (χ0n) is 16.1. The van der Waals surface area contributed by atoms with Crippen molar-refractivity contribution in [2.24, 2.45) is 0 Å². The van der Waals surface area contributed by atoms with Crippen molar-refractivity contribution in [1.29, 1.82) is 0 Å². The lowest BCUT2D eigenvalue weighted by atomic mass is 10.2. The summed E-state index contributed by atoms with van der Waals surface area (Å²) < 4.78 is 5.21. The van der Waals surface area contributed by atoms with E-state index in [2.05, 4.69) is 10.6 Å². The summed E-state index contributed by atoms with van der Waals surface area (Å²) in [5, 5.41) is 5.93. The number of carbonyl (C=O) groups excluding carboxylic acids is 3. The summed E-state index contributed by atoms with van der Waals surface area (Å²) >= 11 is 5.97. The van der Waals surface area contributed by atoms with E-state index in [9.17, 15) is 14.4 Å². The Hall–Kier alpha value is -3.10. The number of nitrogens with one attached hydrogen (secondary N) is 2. The van der Waals surface area contributed by atoms with Crippen molar-refractivity contribution in [3.8, 4) is 5.75 Å². The third-order valence-electron chi connectivity index (χ3n) is 4.33. The lowest BCUT2D eigenvalue weighted by Gasteiger charge is -2.30. The molecule has 3 amide bonds. The molecule has 3 rings (SSSR count). The van der Waals surface area contributed by atoms with Gasteiger partial charge in [0, 0.05) is 5.02 Å². The monoisotopic (exact) mass is 416 g/mol. The predicted octanol–water partition coefficient (Wildman–Crippen LogP) is 2.20. The number of amides is 3. The fourth-order valence-corrected chi connectivity index (χ4v) is 3.21. The second kappa shape index (κ2) is 8.93. The van der Waals surface area contributed by atoms with E-state index in [4.69, 9.17) is 16.3 Å². The van der Waals surface area contributed by atoms with E-state index in [0.29, 0.717) is 27.8 Å². The number of methoxy groups -OCH3 is 1. The highest BCUT2D eigenvalue weighted by Crippen LogP contribution is 2.29. The van der Waals surface area contributed by atoms with E-state index >= 15 is 0 Å². The maximum Gasteiger partial charge on any atom is 0.244 e. The van der Waals surface area contributed by atoms with Gasteiger partial charge in [0.1, 0.15) is 12.3 Å². The van der Waals surface area contributed by atoms with Crippen LogP contribution in [0.2, 0.25) is 5.02 Å². The molecule has 0 fully saturated rings. The van der Waals surface area contributed by atoms with Gasteiger partial charge in [0.2, 0.25) is 17.7 Å². The average molecular weight is 417 g/mol. The first-order valence-electron chi connectivity index (χ1n) is 8.88. The third-order valence-corrected chi connectivity index (χ3v) is 4.56. The van der Waals surface area contributed by atoms with Crippen LogP contribution in [0.3, 0.4) is 0 Å². The molecule has 2 aromatic rings. The first kappa shape index (κ1) is 20.6. The van der Waals surface area contributed by atoms with Gasteiger partial charge < -0.3 is 15.4 Å². The minimum atomic E-state index is -0.322. The summed E-state index contributed by atoms with van der Waals surface area (Å²) in [5.41, 5.74) is 1.68. The molecule has 2 aromatic carbocycles. The molecule has 2 N–H and O–H groups in total. The highest BCUT2D eigenvalue weighted by atomic mass is 35.5. The van der Waals surface area contributed by atoms with Crippen molar-refractivity contribution >= 4 is 46.4 Å². The summed E-state index contributed by atoms with van der Waals surface area (Å²) in [6.45, 7) is -0.111. The minimum absolute atomic E-state index is 0.0247. The Balaban J connectivity index is 1.61. The Bertz CT molecular complexity index is 950. The van der Waals surface area contributed by atoms with E-state index in [0.717, 1.165) is 0 Å². The maximum absolute atomic E-state index is 12.7. The number of halogens is 1. The van der Waals surface area contributed by atoms with Crippen LogP contribution >= 0.6 is 11.6 Å². The lowest BCUT2D eigenvalue weighted by molar-refractivity contribution is -0.123. The van der Waals surface area contributed by atoms with Gasteiger partial charge in [-0.3, -0.25) is 24.2 Å². The van der Waals surface area contributed by atoms with Crippen LogP contribution in [0.4, 0.5) is 17.1 Å². The molecule has 0 radical (unpaired) electrons. The van der Waals surface area contributed by atoms with Crippen molar-refractivity contribution in [3.63, 3.8) is 0 Å². The van der Waals surface area contributed by atoms with Gasteiger partial charge in [-0.2, -0.15) is 0 Å². The van der Waals surface area contributed by atoms with Crippen LogP contribution in [-0.4, -0.2) is 56.4 Å². The van der Waals surface area contributed by atoms with Gasteiger partial charge in [-0.1, -0.05) is 23.7 Å². The Labute approximate surface area is 173 Å². The maximum atomic E-state index is 12.7. The zero-order valence-corrected chi connectivity index (χ0v) is 16.8. The molecule has 9 heteroatoms. The summed E-state index contributed by atoms with van der Waals surface area (Å²) in [5.74, 6) is -0.372. The topological polar surface area (TPSA) is 91.0 Å². The Morgan fingerprint density at radius 3 is 2.76 bits per heavy atom. The fraction of sp³-hybridized carbons (Fsp3) is 0.250. The Morgan fingerprint density at radius 2 is 2.00 bits per heavy atom. The Kier molecular flexibility index (Phi) is 6.36. The van der Waals surface area contributed by atoms with E-state index in [1.54, 1.807) is 54.4 Å². The summed E-state index contributed by atoms with van der Waals surface area (Å²) in [6, 6.07) is 12.0. The van der Waals surface area contributed by atoms with Gasteiger partial charge in [-0.15, -0.1) is 0 Å². The SMILES string of the molecule is COc1ccc(Cl)cc1NC(=O)CN(C)CC(=O)N1CC(=O)Nc2ccccc21. The Morgan fingerprint density at radius 1 is 1.24 bits per heavy atom. The van der Waals surface area contributed by atoms with Crippen molar-refractivity contribution in [2.45, 2.75) is 0 Å². The number of rotatable bonds is 6. The van der Waals surface area contributed by atoms with Crippen molar-refractivity contribution in [3.05, 3.63) is 47.5 Å². The lowest BCUT2D eigenvalue weighted by Crippen LogP contribution is -2.47. The molecule has 0 unspecified atom stereocenters. The first-order valence-corrected chi connectivity index (χ1v) is 9.26. The van der Waals surface area contributed by atoms with Gasteiger partial charge in [-0.05, 0) is 37.4 Å². The number of ether oxygens (including phenoxy) is 1.